The van der Waals surface area contributed by atoms with E-state index in [0.29, 0.717) is 17.5 Å². The lowest BCUT2D eigenvalue weighted by Gasteiger charge is -2.11. The Morgan fingerprint density at radius 2 is 0.880 bits per heavy atom. The van der Waals surface area contributed by atoms with Crippen LogP contribution in [0.4, 0.5) is 0 Å². The molecule has 4 aromatic heterocycles. The summed E-state index contributed by atoms with van der Waals surface area (Å²) in [7, 11) is 0. The van der Waals surface area contributed by atoms with E-state index in [-0.39, 0.29) is 0 Å². The van der Waals surface area contributed by atoms with Crippen LogP contribution in [0.5, 0.6) is 0 Å². The van der Waals surface area contributed by atoms with Crippen molar-refractivity contribution in [2.24, 2.45) is 0 Å². The van der Waals surface area contributed by atoms with Gasteiger partial charge in [-0.3, -0.25) is 4.98 Å². The summed E-state index contributed by atoms with van der Waals surface area (Å²) in [6.07, 6.45) is 3.63. The van der Waals surface area contributed by atoms with E-state index in [1.165, 1.54) is 0 Å². The maximum atomic E-state index is 6.57. The Morgan fingerprint density at radius 3 is 1.64 bits per heavy atom. The zero-order chi connectivity index (χ0) is 33.0. The molecule has 0 N–H and O–H groups in total. The first-order valence-electron chi connectivity index (χ1n) is 16.4. The largest absolute Gasteiger partial charge is 0.456 e. The van der Waals surface area contributed by atoms with Crippen LogP contribution in [0, 0.1) is 0 Å². The average Bonchev–Trinajstić information content (AvgIpc) is 3.76. The minimum absolute atomic E-state index is 0.533. The van der Waals surface area contributed by atoms with Crippen LogP contribution in [0.1, 0.15) is 0 Å². The number of hydrogen-bond donors (Lipinski definition) is 0. The van der Waals surface area contributed by atoms with E-state index in [1.54, 1.807) is 0 Å². The van der Waals surface area contributed by atoms with Crippen molar-refractivity contribution in [3.05, 3.63) is 158 Å². The predicted molar refractivity (Wildman–Crippen MR) is 199 cm³/mol. The van der Waals surface area contributed by atoms with Gasteiger partial charge in [0.25, 0.3) is 0 Å². The minimum Gasteiger partial charge on any atom is -0.456 e. The van der Waals surface area contributed by atoms with Gasteiger partial charge in [0.15, 0.2) is 17.5 Å². The summed E-state index contributed by atoms with van der Waals surface area (Å²) in [6.45, 7) is 0. The molecule has 0 aliphatic heterocycles. The van der Waals surface area contributed by atoms with Crippen LogP contribution in [-0.2, 0) is 0 Å². The van der Waals surface area contributed by atoms with Crippen LogP contribution in [0.3, 0.4) is 0 Å². The van der Waals surface area contributed by atoms with Crippen molar-refractivity contribution in [3.8, 4) is 56.4 Å². The Morgan fingerprint density at radius 1 is 0.340 bits per heavy atom. The molecule has 6 aromatic carbocycles. The van der Waals surface area contributed by atoms with Crippen molar-refractivity contribution in [3.63, 3.8) is 0 Å². The van der Waals surface area contributed by atoms with E-state index in [1.807, 2.05) is 103 Å². The molecular formula is C44H26N4O2. The Balaban J connectivity index is 1.20. The number of hydrogen-bond acceptors (Lipinski definition) is 6. The van der Waals surface area contributed by atoms with Crippen molar-refractivity contribution in [1.82, 2.24) is 19.9 Å². The van der Waals surface area contributed by atoms with Gasteiger partial charge < -0.3 is 8.83 Å². The van der Waals surface area contributed by atoms with Gasteiger partial charge >= 0.3 is 0 Å². The Kier molecular flexibility index (Phi) is 6.39. The molecule has 6 nitrogen and oxygen atoms in total. The topological polar surface area (TPSA) is 77.8 Å². The lowest BCUT2D eigenvalue weighted by atomic mass is 9.97. The fourth-order valence-corrected chi connectivity index (χ4v) is 6.77. The Hall–Kier alpha value is -6.92. The van der Waals surface area contributed by atoms with Gasteiger partial charge in [0.2, 0.25) is 0 Å². The average molecular weight is 643 g/mol. The first kappa shape index (κ1) is 28.1. The highest BCUT2D eigenvalue weighted by atomic mass is 16.3. The molecule has 0 bridgehead atoms. The Labute approximate surface area is 286 Å². The highest BCUT2D eigenvalue weighted by Crippen LogP contribution is 2.40. The quantitative estimate of drug-likeness (QED) is 0.186. The fraction of sp³-hybridized carbons (Fsp3) is 0. The number of para-hydroxylation sites is 2. The highest BCUT2D eigenvalue weighted by molar-refractivity contribution is 6.11. The maximum absolute atomic E-state index is 6.57. The molecule has 234 valence electrons. The van der Waals surface area contributed by atoms with Gasteiger partial charge in [0.05, 0.1) is 5.56 Å². The number of benzene rings is 6. The van der Waals surface area contributed by atoms with Gasteiger partial charge in [-0.1, -0.05) is 91.0 Å². The second-order valence-electron chi connectivity index (χ2n) is 12.3. The zero-order valence-corrected chi connectivity index (χ0v) is 26.6. The van der Waals surface area contributed by atoms with Crippen molar-refractivity contribution in [2.45, 2.75) is 0 Å². The lowest BCUT2D eigenvalue weighted by molar-refractivity contribution is 0.669. The lowest BCUT2D eigenvalue weighted by Crippen LogP contribution is -2.00. The molecule has 0 aliphatic rings. The molecule has 0 spiro atoms. The summed E-state index contributed by atoms with van der Waals surface area (Å²) >= 11 is 0. The predicted octanol–water partition coefficient (Wildman–Crippen LogP) is 11.4. The number of pyridine rings is 1. The molecule has 10 aromatic rings. The van der Waals surface area contributed by atoms with Crippen LogP contribution >= 0.6 is 0 Å². The molecule has 0 unspecified atom stereocenters. The number of aromatic nitrogens is 4. The summed E-state index contributed by atoms with van der Waals surface area (Å²) in [4.78, 5) is 19.5. The second kappa shape index (κ2) is 11.4. The second-order valence-corrected chi connectivity index (χ2v) is 12.3. The van der Waals surface area contributed by atoms with Gasteiger partial charge in [-0.2, -0.15) is 0 Å². The van der Waals surface area contributed by atoms with E-state index >= 15 is 0 Å². The molecule has 0 amide bonds. The highest BCUT2D eigenvalue weighted by Gasteiger charge is 2.20. The summed E-state index contributed by atoms with van der Waals surface area (Å²) in [6, 6.07) is 49.3. The number of nitrogens with zero attached hydrogens (tertiary/aromatic N) is 4. The third kappa shape index (κ3) is 4.73. The molecule has 10 rings (SSSR count). The molecule has 50 heavy (non-hydrogen) atoms. The molecule has 6 heteroatoms. The van der Waals surface area contributed by atoms with Crippen LogP contribution in [0.2, 0.25) is 0 Å². The molecule has 0 saturated heterocycles. The third-order valence-electron chi connectivity index (χ3n) is 9.25. The first-order valence-corrected chi connectivity index (χ1v) is 16.4. The molecule has 0 saturated carbocycles. The normalized spacial score (nSPS) is 11.6. The summed E-state index contributed by atoms with van der Waals surface area (Å²) in [5.74, 6) is 1.68. The van der Waals surface area contributed by atoms with Crippen molar-refractivity contribution in [1.29, 1.82) is 0 Å². The maximum Gasteiger partial charge on any atom is 0.167 e. The monoisotopic (exact) mass is 642 g/mol. The summed E-state index contributed by atoms with van der Waals surface area (Å²) in [5, 5.41) is 4.10. The molecular weight excluding hydrogens is 617 g/mol. The van der Waals surface area contributed by atoms with E-state index in [4.69, 9.17) is 23.8 Å². The molecule has 0 aliphatic carbocycles. The smallest absolute Gasteiger partial charge is 0.167 e. The molecule has 0 atom stereocenters. The van der Waals surface area contributed by atoms with E-state index in [0.717, 1.165) is 82.8 Å². The SMILES string of the molecule is c1ccc(-c2nc(-c3ccc4oc5ccccc5c4c3)nc(-c3cc(-c4ccc(-c5ccncc5)cc4)cc4c3oc3ccccc34)n2)cc1. The fourth-order valence-electron chi connectivity index (χ4n) is 6.77. The van der Waals surface area contributed by atoms with E-state index in [9.17, 15) is 0 Å². The van der Waals surface area contributed by atoms with Crippen LogP contribution < -0.4 is 0 Å². The summed E-state index contributed by atoms with van der Waals surface area (Å²) < 4.78 is 12.7. The number of rotatable bonds is 5. The molecule has 4 heterocycles. The third-order valence-corrected chi connectivity index (χ3v) is 9.25. The van der Waals surface area contributed by atoms with Gasteiger partial charge in [0, 0.05) is 45.1 Å². The first-order chi connectivity index (χ1) is 24.7. The van der Waals surface area contributed by atoms with Gasteiger partial charge in [0.1, 0.15) is 22.3 Å². The van der Waals surface area contributed by atoms with Gasteiger partial charge in [-0.15, -0.1) is 0 Å². The van der Waals surface area contributed by atoms with Crippen molar-refractivity contribution < 1.29 is 8.83 Å². The zero-order valence-electron chi connectivity index (χ0n) is 26.6. The summed E-state index contributed by atoms with van der Waals surface area (Å²) in [5.41, 5.74) is 10.1. The molecule has 0 radical (unpaired) electrons. The Bertz CT molecular complexity index is 2860. The van der Waals surface area contributed by atoms with Crippen molar-refractivity contribution in [2.75, 3.05) is 0 Å². The standard InChI is InChI=1S/C44H26N4O2/c1-2-8-30(9-3-1)42-46-43(31-18-19-40-35(24-31)33-10-4-6-12-38(33)49-40)48-44(47-42)37-26-32(25-36-34-11-5-7-13-39(34)50-41(36)37)28-16-14-27(15-17-28)29-20-22-45-23-21-29/h1-26H. The minimum atomic E-state index is 0.533. The van der Waals surface area contributed by atoms with Crippen LogP contribution in [0.15, 0.2) is 167 Å². The van der Waals surface area contributed by atoms with E-state index in [2.05, 4.69) is 59.6 Å². The van der Waals surface area contributed by atoms with Gasteiger partial charge in [-0.05, 0) is 76.9 Å². The molecule has 0 fully saturated rings. The van der Waals surface area contributed by atoms with E-state index < -0.39 is 0 Å². The number of furan rings is 2. The van der Waals surface area contributed by atoms with Crippen LogP contribution in [-0.4, -0.2) is 19.9 Å². The van der Waals surface area contributed by atoms with Crippen LogP contribution in [0.25, 0.3) is 100 Å². The number of fused-ring (bicyclic) bond motifs is 6. The van der Waals surface area contributed by atoms with Crippen molar-refractivity contribution >= 4 is 43.9 Å². The van der Waals surface area contributed by atoms with Gasteiger partial charge in [-0.25, -0.2) is 15.0 Å².